The number of likely N-dealkylation sites (N-methyl/N-ethyl adjacent to an activating group) is 1. The van der Waals surface area contributed by atoms with Crippen LogP contribution in [0, 0.1) is 5.92 Å². The Morgan fingerprint density at radius 2 is 1.51 bits per heavy atom. The maximum Gasteiger partial charge on any atom is 0.227 e. The number of piperidine rings is 1. The first kappa shape index (κ1) is 23.8. The average molecular weight is 498 g/mol. The highest BCUT2D eigenvalue weighted by Crippen LogP contribution is 2.47. The summed E-state index contributed by atoms with van der Waals surface area (Å²) in [7, 11) is 4.01. The number of benzene rings is 2. The summed E-state index contributed by atoms with van der Waals surface area (Å²) in [5, 5.41) is 2.48. The van der Waals surface area contributed by atoms with Gasteiger partial charge in [-0.3, -0.25) is 9.59 Å². The molecule has 192 valence electrons. The Morgan fingerprint density at radius 1 is 0.946 bits per heavy atom. The quantitative estimate of drug-likeness (QED) is 0.423. The number of amides is 2. The van der Waals surface area contributed by atoms with Gasteiger partial charge < -0.3 is 24.7 Å². The van der Waals surface area contributed by atoms with Gasteiger partial charge in [0.1, 0.15) is 0 Å². The Bertz CT molecular complexity index is 1370. The van der Waals surface area contributed by atoms with Crippen molar-refractivity contribution in [2.45, 2.75) is 24.7 Å². The lowest BCUT2D eigenvalue weighted by Gasteiger charge is -2.43. The van der Waals surface area contributed by atoms with Crippen LogP contribution in [0.2, 0.25) is 0 Å². The summed E-state index contributed by atoms with van der Waals surface area (Å²) in [6.45, 7) is 3.40. The van der Waals surface area contributed by atoms with Gasteiger partial charge in [-0.2, -0.15) is 0 Å². The molecular formula is C30H35N5O2. The molecule has 0 spiro atoms. The van der Waals surface area contributed by atoms with E-state index in [1.165, 1.54) is 21.9 Å². The normalized spacial score (nSPS) is 20.0. The van der Waals surface area contributed by atoms with Gasteiger partial charge in [0.2, 0.25) is 11.8 Å². The van der Waals surface area contributed by atoms with E-state index >= 15 is 0 Å². The summed E-state index contributed by atoms with van der Waals surface area (Å²) in [6, 6.07) is 17.0. The van der Waals surface area contributed by atoms with Crippen LogP contribution in [-0.2, 0) is 15.0 Å². The van der Waals surface area contributed by atoms with Crippen LogP contribution < -0.4 is 0 Å². The van der Waals surface area contributed by atoms with Crippen LogP contribution in [0.4, 0.5) is 0 Å². The predicted molar refractivity (Wildman–Crippen MR) is 146 cm³/mol. The van der Waals surface area contributed by atoms with Crippen molar-refractivity contribution >= 4 is 33.6 Å². The number of hydrogen-bond donors (Lipinski definition) is 2. The zero-order valence-corrected chi connectivity index (χ0v) is 21.7. The van der Waals surface area contributed by atoms with Crippen LogP contribution in [0.15, 0.2) is 60.9 Å². The molecule has 0 radical (unpaired) electrons. The van der Waals surface area contributed by atoms with E-state index in [-0.39, 0.29) is 23.1 Å². The lowest BCUT2D eigenvalue weighted by molar-refractivity contribution is -0.137. The second-order valence-corrected chi connectivity index (χ2v) is 10.9. The molecule has 6 rings (SSSR count). The van der Waals surface area contributed by atoms with Crippen molar-refractivity contribution in [1.82, 2.24) is 24.7 Å². The van der Waals surface area contributed by atoms with E-state index in [4.69, 9.17) is 0 Å². The molecule has 2 fully saturated rings. The monoisotopic (exact) mass is 497 g/mol. The van der Waals surface area contributed by atoms with Crippen molar-refractivity contribution in [1.29, 1.82) is 0 Å². The summed E-state index contributed by atoms with van der Waals surface area (Å²) >= 11 is 0. The number of aromatic amines is 2. The smallest absolute Gasteiger partial charge is 0.227 e. The Morgan fingerprint density at radius 3 is 2.08 bits per heavy atom. The third-order valence-corrected chi connectivity index (χ3v) is 8.52. The summed E-state index contributed by atoms with van der Waals surface area (Å²) in [6.07, 6.45) is 6.35. The van der Waals surface area contributed by atoms with E-state index in [9.17, 15) is 9.59 Å². The molecule has 37 heavy (non-hydrogen) atoms. The molecule has 0 saturated carbocycles. The van der Waals surface area contributed by atoms with Crippen molar-refractivity contribution < 1.29 is 9.59 Å². The first-order chi connectivity index (χ1) is 18.0. The van der Waals surface area contributed by atoms with Crippen molar-refractivity contribution in [3.8, 4) is 0 Å². The van der Waals surface area contributed by atoms with E-state index in [1.54, 1.807) is 0 Å². The molecule has 4 heterocycles. The third-order valence-electron chi connectivity index (χ3n) is 8.52. The van der Waals surface area contributed by atoms with Gasteiger partial charge in [0.05, 0.1) is 5.92 Å². The van der Waals surface area contributed by atoms with Crippen molar-refractivity contribution in [2.75, 3.05) is 46.8 Å². The van der Waals surface area contributed by atoms with Crippen molar-refractivity contribution in [2.24, 2.45) is 5.92 Å². The van der Waals surface area contributed by atoms with E-state index in [1.807, 2.05) is 23.9 Å². The van der Waals surface area contributed by atoms with Gasteiger partial charge >= 0.3 is 0 Å². The predicted octanol–water partition coefficient (Wildman–Crippen LogP) is 3.97. The summed E-state index contributed by atoms with van der Waals surface area (Å²) < 4.78 is 0. The highest BCUT2D eigenvalue weighted by atomic mass is 16.2. The Labute approximate surface area is 217 Å². The lowest BCUT2D eigenvalue weighted by Crippen LogP contribution is -2.48. The number of para-hydroxylation sites is 2. The van der Waals surface area contributed by atoms with Crippen LogP contribution in [0.25, 0.3) is 21.8 Å². The number of aromatic nitrogens is 2. The largest absolute Gasteiger partial charge is 0.361 e. The molecule has 7 heteroatoms. The number of nitrogens with one attached hydrogen (secondary N) is 2. The van der Waals surface area contributed by atoms with Crippen LogP contribution in [0.5, 0.6) is 0 Å². The molecule has 0 aliphatic carbocycles. The zero-order chi connectivity index (χ0) is 25.6. The molecule has 7 nitrogen and oxygen atoms in total. The topological polar surface area (TPSA) is 75.4 Å². The van der Waals surface area contributed by atoms with E-state index in [0.29, 0.717) is 32.6 Å². The van der Waals surface area contributed by atoms with Gasteiger partial charge in [-0.1, -0.05) is 36.4 Å². The molecule has 1 atom stereocenters. The number of rotatable bonds is 6. The van der Waals surface area contributed by atoms with Gasteiger partial charge in [-0.05, 0) is 50.2 Å². The van der Waals surface area contributed by atoms with E-state index in [2.05, 4.69) is 75.8 Å². The summed E-state index contributed by atoms with van der Waals surface area (Å²) in [5.41, 5.74) is 4.66. The Kier molecular flexibility index (Phi) is 6.03. The minimum absolute atomic E-state index is 0.101. The lowest BCUT2D eigenvalue weighted by atomic mass is 9.67. The Hall–Kier alpha value is -3.58. The number of fused-ring (bicyclic) bond motifs is 2. The fraction of sp³-hybridized carbons (Fsp3) is 0.400. The molecule has 2 N–H and O–H groups in total. The molecule has 0 bridgehead atoms. The summed E-state index contributed by atoms with van der Waals surface area (Å²) in [5.74, 6) is -0.000336. The van der Waals surface area contributed by atoms with Gasteiger partial charge in [0.15, 0.2) is 0 Å². The standard InChI is InChI=1S/C30H35N5O2/c1-33(2)15-16-35-20-21(17-28(35)36)29(37)34-13-11-30(12-14-34,24-18-31-26-9-5-3-7-22(24)26)25-19-32-27-10-6-4-8-23(25)27/h3-10,18-19,21,31-32H,11-17,20H2,1-2H3/t21-/m0/s1. The minimum Gasteiger partial charge on any atom is -0.361 e. The van der Waals surface area contributed by atoms with Gasteiger partial charge in [-0.25, -0.2) is 0 Å². The third kappa shape index (κ3) is 4.11. The highest BCUT2D eigenvalue weighted by molar-refractivity contribution is 5.91. The van der Waals surface area contributed by atoms with E-state index < -0.39 is 0 Å². The van der Waals surface area contributed by atoms with E-state index in [0.717, 1.165) is 30.4 Å². The van der Waals surface area contributed by atoms with Crippen LogP contribution >= 0.6 is 0 Å². The minimum atomic E-state index is -0.233. The number of H-pyrrole nitrogens is 2. The van der Waals surface area contributed by atoms with Crippen LogP contribution in [0.3, 0.4) is 0 Å². The molecule has 2 amide bonds. The van der Waals surface area contributed by atoms with Crippen LogP contribution in [-0.4, -0.2) is 83.3 Å². The number of nitrogens with zero attached hydrogens (tertiary/aromatic N) is 3. The number of carbonyl (C=O) groups excluding carboxylic acids is 2. The second-order valence-electron chi connectivity index (χ2n) is 10.9. The molecular weight excluding hydrogens is 462 g/mol. The molecule has 2 aromatic carbocycles. The van der Waals surface area contributed by atoms with Gasteiger partial charge in [-0.15, -0.1) is 0 Å². The number of carbonyl (C=O) groups is 2. The number of hydrogen-bond acceptors (Lipinski definition) is 3. The van der Waals surface area contributed by atoms with Crippen LogP contribution in [0.1, 0.15) is 30.4 Å². The molecule has 2 aromatic heterocycles. The second kappa shape index (κ2) is 9.38. The first-order valence-corrected chi connectivity index (χ1v) is 13.3. The maximum atomic E-state index is 13.6. The fourth-order valence-electron chi connectivity index (χ4n) is 6.46. The molecule has 0 unspecified atom stereocenters. The SMILES string of the molecule is CN(C)CCN1C[C@@H](C(=O)N2CCC(c3c[nH]c4ccccc34)(c3c[nH]c4ccccc34)CC2)CC1=O. The fourth-order valence-corrected chi connectivity index (χ4v) is 6.46. The molecule has 4 aromatic rings. The average Bonchev–Trinajstić information content (AvgIpc) is 3.64. The van der Waals surface area contributed by atoms with Gasteiger partial charge in [0, 0.05) is 78.8 Å². The number of likely N-dealkylation sites (tertiary alicyclic amines) is 2. The molecule has 2 aliphatic rings. The Balaban J connectivity index is 1.28. The molecule has 2 saturated heterocycles. The first-order valence-electron chi connectivity index (χ1n) is 13.3. The van der Waals surface area contributed by atoms with Gasteiger partial charge in [0.25, 0.3) is 0 Å². The molecule has 2 aliphatic heterocycles. The zero-order valence-electron chi connectivity index (χ0n) is 21.7. The summed E-state index contributed by atoms with van der Waals surface area (Å²) in [4.78, 5) is 39.1. The van der Waals surface area contributed by atoms with Crippen molar-refractivity contribution in [3.63, 3.8) is 0 Å². The highest BCUT2D eigenvalue weighted by Gasteiger charge is 2.44. The maximum absolute atomic E-state index is 13.6. The van der Waals surface area contributed by atoms with Crippen molar-refractivity contribution in [3.05, 3.63) is 72.1 Å².